The Morgan fingerprint density at radius 2 is 1.95 bits per heavy atom. The molecular weight excluding hydrogens is 415 g/mol. The van der Waals surface area contributed by atoms with Crippen LogP contribution >= 0.6 is 24.0 Å². The Morgan fingerprint density at radius 3 is 2.45 bits per heavy atom. The number of rotatable bonds is 8. The van der Waals surface area contributed by atoms with Gasteiger partial charge in [0.15, 0.2) is 5.96 Å². The molecule has 0 aliphatic heterocycles. The van der Waals surface area contributed by atoms with Crippen molar-refractivity contribution in [3.05, 3.63) is 12.2 Å². The molecular formula is C14H29IN4O2S. The number of hydrogen-bond acceptors (Lipinski definition) is 3. The summed E-state index contributed by atoms with van der Waals surface area (Å²) in [4.78, 5) is 4.51. The predicted octanol–water partition coefficient (Wildman–Crippen LogP) is 1.55. The molecule has 1 aliphatic carbocycles. The van der Waals surface area contributed by atoms with Crippen molar-refractivity contribution in [2.45, 2.75) is 39.2 Å². The maximum atomic E-state index is 11.5. The van der Waals surface area contributed by atoms with Crippen LogP contribution in [-0.2, 0) is 10.0 Å². The van der Waals surface area contributed by atoms with E-state index in [1.54, 1.807) is 0 Å². The van der Waals surface area contributed by atoms with E-state index < -0.39 is 10.0 Å². The minimum atomic E-state index is -3.10. The second-order valence-corrected chi connectivity index (χ2v) is 7.14. The summed E-state index contributed by atoms with van der Waals surface area (Å²) in [6, 6.07) is 0.422. The van der Waals surface area contributed by atoms with Gasteiger partial charge in [-0.3, -0.25) is 4.99 Å². The molecule has 2 N–H and O–H groups in total. The fraction of sp³-hybridized carbons (Fsp3) is 0.786. The molecule has 0 unspecified atom stereocenters. The third-order valence-electron chi connectivity index (χ3n) is 3.35. The number of nitrogens with zero attached hydrogens (tertiary/aromatic N) is 2. The van der Waals surface area contributed by atoms with Gasteiger partial charge < -0.3 is 10.6 Å². The number of sulfonamides is 1. The van der Waals surface area contributed by atoms with Gasteiger partial charge in [0.05, 0.1) is 6.26 Å². The van der Waals surface area contributed by atoms with E-state index in [0.717, 1.165) is 31.8 Å². The maximum Gasteiger partial charge on any atom is 0.211 e. The van der Waals surface area contributed by atoms with Crippen LogP contribution in [0.2, 0.25) is 0 Å². The van der Waals surface area contributed by atoms with E-state index >= 15 is 0 Å². The van der Waals surface area contributed by atoms with Crippen LogP contribution in [0.25, 0.3) is 0 Å². The highest BCUT2D eigenvalue weighted by molar-refractivity contribution is 14.0. The monoisotopic (exact) mass is 444 g/mol. The van der Waals surface area contributed by atoms with Gasteiger partial charge in [-0.2, -0.15) is 0 Å². The lowest BCUT2D eigenvalue weighted by atomic mass is 10.2. The molecule has 22 heavy (non-hydrogen) atoms. The van der Waals surface area contributed by atoms with Crippen molar-refractivity contribution < 1.29 is 8.42 Å². The molecule has 0 amide bonds. The number of aliphatic imine (C=N–C) groups is 1. The number of guanidine groups is 1. The Hall–Kier alpha value is -0.350. The van der Waals surface area contributed by atoms with Crippen LogP contribution in [-0.4, -0.2) is 57.2 Å². The van der Waals surface area contributed by atoms with Gasteiger partial charge in [-0.05, 0) is 26.2 Å². The minimum Gasteiger partial charge on any atom is -0.357 e. The zero-order chi connectivity index (χ0) is 15.7. The lowest BCUT2D eigenvalue weighted by Crippen LogP contribution is -2.42. The largest absolute Gasteiger partial charge is 0.357 e. The zero-order valence-corrected chi connectivity index (χ0v) is 16.9. The van der Waals surface area contributed by atoms with Crippen LogP contribution in [0.4, 0.5) is 0 Å². The number of halogens is 1. The summed E-state index contributed by atoms with van der Waals surface area (Å²) in [5, 5.41) is 6.61. The van der Waals surface area contributed by atoms with E-state index in [1.807, 2.05) is 13.8 Å². The van der Waals surface area contributed by atoms with Crippen LogP contribution in [0, 0.1) is 0 Å². The molecule has 0 bridgehead atoms. The predicted molar refractivity (Wildman–Crippen MR) is 103 cm³/mol. The van der Waals surface area contributed by atoms with E-state index in [1.165, 1.54) is 10.6 Å². The fourth-order valence-corrected chi connectivity index (χ4v) is 3.17. The van der Waals surface area contributed by atoms with Crippen molar-refractivity contribution in [2.75, 3.05) is 32.4 Å². The Morgan fingerprint density at radius 1 is 1.32 bits per heavy atom. The molecule has 0 spiro atoms. The van der Waals surface area contributed by atoms with Gasteiger partial charge in [-0.15, -0.1) is 24.0 Å². The van der Waals surface area contributed by atoms with Crippen LogP contribution in [0.5, 0.6) is 0 Å². The van der Waals surface area contributed by atoms with Gasteiger partial charge in [-0.1, -0.05) is 19.1 Å². The Labute approximate surface area is 151 Å². The molecule has 0 fully saturated rings. The topological polar surface area (TPSA) is 73.8 Å². The van der Waals surface area contributed by atoms with Gasteiger partial charge in [0.1, 0.15) is 0 Å². The van der Waals surface area contributed by atoms with Gasteiger partial charge in [-0.25, -0.2) is 12.7 Å². The number of nitrogens with one attached hydrogen (secondary N) is 2. The van der Waals surface area contributed by atoms with E-state index in [4.69, 9.17) is 0 Å². The van der Waals surface area contributed by atoms with E-state index in [2.05, 4.69) is 27.8 Å². The summed E-state index contributed by atoms with van der Waals surface area (Å²) >= 11 is 0. The highest BCUT2D eigenvalue weighted by Crippen LogP contribution is 2.08. The molecule has 0 saturated carbocycles. The molecule has 0 aromatic heterocycles. The highest BCUT2D eigenvalue weighted by atomic mass is 127. The molecule has 1 aliphatic rings. The zero-order valence-electron chi connectivity index (χ0n) is 13.7. The average Bonchev–Trinajstić information content (AvgIpc) is 2.90. The van der Waals surface area contributed by atoms with Crippen molar-refractivity contribution in [3.63, 3.8) is 0 Å². The summed E-state index contributed by atoms with van der Waals surface area (Å²) < 4.78 is 24.4. The van der Waals surface area contributed by atoms with Crippen molar-refractivity contribution in [2.24, 2.45) is 4.99 Å². The van der Waals surface area contributed by atoms with E-state index in [0.29, 0.717) is 25.7 Å². The van der Waals surface area contributed by atoms with E-state index in [9.17, 15) is 8.42 Å². The SMILES string of the molecule is CCNC(=NCCCN(CC)S(C)(=O)=O)NC1CC=CC1.I. The van der Waals surface area contributed by atoms with Gasteiger partial charge >= 0.3 is 0 Å². The Bertz CT molecular complexity index is 457. The van der Waals surface area contributed by atoms with Crippen molar-refractivity contribution in [3.8, 4) is 0 Å². The second-order valence-electron chi connectivity index (χ2n) is 5.15. The first-order valence-corrected chi connectivity index (χ1v) is 9.47. The van der Waals surface area contributed by atoms with Crippen molar-refractivity contribution in [1.82, 2.24) is 14.9 Å². The summed E-state index contributed by atoms with van der Waals surface area (Å²) in [5.74, 6) is 0.814. The molecule has 0 radical (unpaired) electrons. The Kier molecular flexibility index (Phi) is 11.0. The molecule has 130 valence electrons. The molecule has 0 heterocycles. The lowest BCUT2D eigenvalue weighted by Gasteiger charge is -2.18. The third kappa shape index (κ3) is 8.33. The maximum absolute atomic E-state index is 11.5. The first-order chi connectivity index (χ1) is 9.97. The normalized spacial score (nSPS) is 15.9. The second kappa shape index (κ2) is 11.2. The standard InChI is InChI=1S/C14H28N4O2S.HI/c1-4-15-14(17-13-9-6-7-10-13)16-11-8-12-18(5-2)21(3,19)20;/h6-7,13H,4-5,8-12H2,1-3H3,(H2,15,16,17);1H. The Balaban J connectivity index is 0.00000441. The van der Waals surface area contributed by atoms with Crippen LogP contribution in [0.3, 0.4) is 0 Å². The third-order valence-corrected chi connectivity index (χ3v) is 4.73. The summed E-state index contributed by atoms with van der Waals surface area (Å²) in [5.41, 5.74) is 0. The average molecular weight is 444 g/mol. The number of hydrogen-bond donors (Lipinski definition) is 2. The molecule has 0 atom stereocenters. The molecule has 0 aromatic carbocycles. The lowest BCUT2D eigenvalue weighted by molar-refractivity contribution is 0.427. The quantitative estimate of drug-likeness (QED) is 0.196. The van der Waals surface area contributed by atoms with Crippen molar-refractivity contribution >= 4 is 40.0 Å². The molecule has 0 saturated heterocycles. The highest BCUT2D eigenvalue weighted by Gasteiger charge is 2.14. The van der Waals surface area contributed by atoms with Gasteiger partial charge in [0, 0.05) is 32.2 Å². The first-order valence-electron chi connectivity index (χ1n) is 7.62. The van der Waals surface area contributed by atoms with Crippen LogP contribution < -0.4 is 10.6 Å². The van der Waals surface area contributed by atoms with Gasteiger partial charge in [0.25, 0.3) is 0 Å². The smallest absolute Gasteiger partial charge is 0.211 e. The van der Waals surface area contributed by atoms with Crippen molar-refractivity contribution in [1.29, 1.82) is 0 Å². The first kappa shape index (κ1) is 21.6. The van der Waals surface area contributed by atoms with Crippen LogP contribution in [0.1, 0.15) is 33.1 Å². The molecule has 0 aromatic rings. The summed E-state index contributed by atoms with van der Waals surface area (Å²) in [6.07, 6.45) is 8.38. The summed E-state index contributed by atoms with van der Waals surface area (Å²) in [6.45, 7) is 6.34. The van der Waals surface area contributed by atoms with Crippen LogP contribution in [0.15, 0.2) is 17.1 Å². The molecule has 1 rings (SSSR count). The molecule has 8 heteroatoms. The minimum absolute atomic E-state index is 0. The van der Waals surface area contributed by atoms with Gasteiger partial charge in [0.2, 0.25) is 10.0 Å². The molecule has 6 nitrogen and oxygen atoms in total. The summed E-state index contributed by atoms with van der Waals surface area (Å²) in [7, 11) is -3.10. The fourth-order valence-electron chi connectivity index (χ4n) is 2.24. The van der Waals surface area contributed by atoms with E-state index in [-0.39, 0.29) is 24.0 Å².